The predicted molar refractivity (Wildman–Crippen MR) is 84.7 cm³/mol. The van der Waals surface area contributed by atoms with Crippen molar-refractivity contribution in [3.63, 3.8) is 0 Å². The van der Waals surface area contributed by atoms with Gasteiger partial charge in [-0.2, -0.15) is 0 Å². The highest BCUT2D eigenvalue weighted by molar-refractivity contribution is 9.10. The number of hydrogen-bond acceptors (Lipinski definition) is 3. The lowest BCUT2D eigenvalue weighted by Crippen LogP contribution is -2.47. The Kier molecular flexibility index (Phi) is 5.13. The summed E-state index contributed by atoms with van der Waals surface area (Å²) >= 11 is 3.31. The van der Waals surface area contributed by atoms with Crippen LogP contribution in [0.3, 0.4) is 0 Å². The molecule has 2 N–H and O–H groups in total. The van der Waals surface area contributed by atoms with Crippen LogP contribution in [0.5, 0.6) is 0 Å². The van der Waals surface area contributed by atoms with Crippen LogP contribution in [-0.2, 0) is 10.0 Å². The van der Waals surface area contributed by atoms with Crippen molar-refractivity contribution in [2.75, 3.05) is 0 Å². The van der Waals surface area contributed by atoms with E-state index in [9.17, 15) is 8.42 Å². The highest BCUT2D eigenvalue weighted by Gasteiger charge is 2.35. The van der Waals surface area contributed by atoms with E-state index in [1.54, 1.807) is 18.2 Å². The van der Waals surface area contributed by atoms with Gasteiger partial charge in [0.1, 0.15) is 0 Å². The maximum Gasteiger partial charge on any atom is 0.240 e. The van der Waals surface area contributed by atoms with Crippen LogP contribution >= 0.6 is 28.3 Å². The maximum absolute atomic E-state index is 12.3. The molecule has 0 aliphatic carbocycles. The van der Waals surface area contributed by atoms with Gasteiger partial charge in [-0.05, 0) is 43.9 Å². The number of sulfonamides is 1. The first-order valence-corrected chi connectivity index (χ1v) is 8.84. The Morgan fingerprint density at radius 3 is 2.45 bits per heavy atom. The van der Waals surface area contributed by atoms with Crippen molar-refractivity contribution < 1.29 is 8.42 Å². The van der Waals surface area contributed by atoms with Crippen LogP contribution in [0.2, 0.25) is 0 Å². The smallest absolute Gasteiger partial charge is 0.240 e. The van der Waals surface area contributed by atoms with E-state index in [-0.39, 0.29) is 18.4 Å². The minimum absolute atomic E-state index is 0. The third-order valence-corrected chi connectivity index (χ3v) is 5.91. The van der Waals surface area contributed by atoms with E-state index in [1.807, 2.05) is 6.07 Å². The van der Waals surface area contributed by atoms with Crippen molar-refractivity contribution in [1.29, 1.82) is 0 Å². The average Bonchev–Trinajstić information content (AvgIpc) is 2.68. The molecule has 0 radical (unpaired) electrons. The summed E-state index contributed by atoms with van der Waals surface area (Å²) in [6, 6.07) is 7.85. The van der Waals surface area contributed by atoms with E-state index in [4.69, 9.17) is 0 Å². The molecule has 2 unspecified atom stereocenters. The van der Waals surface area contributed by atoms with Crippen LogP contribution in [0.1, 0.15) is 25.7 Å². The lowest BCUT2D eigenvalue weighted by atomic mass is 10.0. The molecule has 4 nitrogen and oxygen atoms in total. The zero-order chi connectivity index (χ0) is 13.5. The topological polar surface area (TPSA) is 58.2 Å². The maximum atomic E-state index is 12.3. The quantitative estimate of drug-likeness (QED) is 0.845. The SMILES string of the molecule is Cl.O=S(=O)(NC1CC2CCC(C1)N2)c1cccc(Br)c1. The second-order valence-electron chi connectivity index (χ2n) is 5.38. The molecule has 112 valence electrons. The molecule has 2 aliphatic rings. The van der Waals surface area contributed by atoms with Gasteiger partial charge in [-0.3, -0.25) is 0 Å². The fraction of sp³-hybridized carbons (Fsp3) is 0.538. The largest absolute Gasteiger partial charge is 0.311 e. The molecule has 2 fully saturated rings. The van der Waals surface area contributed by atoms with Gasteiger partial charge in [0.15, 0.2) is 0 Å². The Labute approximate surface area is 134 Å². The molecule has 1 aromatic rings. The summed E-state index contributed by atoms with van der Waals surface area (Å²) in [7, 11) is -3.41. The van der Waals surface area contributed by atoms with Gasteiger partial charge in [0.05, 0.1) is 4.90 Å². The van der Waals surface area contributed by atoms with Crippen LogP contribution in [-0.4, -0.2) is 26.5 Å². The molecule has 2 saturated heterocycles. The molecule has 0 aromatic heterocycles. The zero-order valence-electron chi connectivity index (χ0n) is 10.9. The van der Waals surface area contributed by atoms with Gasteiger partial charge in [-0.25, -0.2) is 13.1 Å². The van der Waals surface area contributed by atoms with Gasteiger partial charge in [-0.15, -0.1) is 12.4 Å². The van der Waals surface area contributed by atoms with Crippen LogP contribution in [0, 0.1) is 0 Å². The molecule has 7 heteroatoms. The van der Waals surface area contributed by atoms with Gasteiger partial charge in [0, 0.05) is 22.6 Å². The lowest BCUT2D eigenvalue weighted by molar-refractivity contribution is 0.345. The first kappa shape index (κ1) is 16.2. The van der Waals surface area contributed by atoms with E-state index in [0.717, 1.165) is 17.3 Å². The minimum Gasteiger partial charge on any atom is -0.311 e. The van der Waals surface area contributed by atoms with E-state index in [1.165, 1.54) is 12.8 Å². The molecule has 2 heterocycles. The van der Waals surface area contributed by atoms with Crippen LogP contribution in [0.25, 0.3) is 0 Å². The van der Waals surface area contributed by atoms with Crippen molar-refractivity contribution in [3.05, 3.63) is 28.7 Å². The molecule has 0 amide bonds. The fourth-order valence-electron chi connectivity index (χ4n) is 3.08. The molecule has 2 aliphatic heterocycles. The molecule has 0 spiro atoms. The number of nitrogens with one attached hydrogen (secondary N) is 2. The number of rotatable bonds is 3. The van der Waals surface area contributed by atoms with E-state index >= 15 is 0 Å². The summed E-state index contributed by atoms with van der Waals surface area (Å²) in [5.74, 6) is 0. The predicted octanol–water partition coefficient (Wildman–Crippen LogP) is 2.43. The van der Waals surface area contributed by atoms with Gasteiger partial charge in [0.25, 0.3) is 0 Å². The molecule has 20 heavy (non-hydrogen) atoms. The zero-order valence-corrected chi connectivity index (χ0v) is 14.1. The highest BCUT2D eigenvalue weighted by Crippen LogP contribution is 2.28. The Bertz CT molecular complexity index is 569. The number of fused-ring (bicyclic) bond motifs is 2. The summed E-state index contributed by atoms with van der Waals surface area (Å²) < 4.78 is 28.3. The first-order chi connectivity index (χ1) is 9.03. The van der Waals surface area contributed by atoms with Gasteiger partial charge >= 0.3 is 0 Å². The van der Waals surface area contributed by atoms with Crippen molar-refractivity contribution in [2.45, 2.75) is 48.7 Å². The average molecular weight is 382 g/mol. The standard InChI is InChI=1S/C13H17BrN2O2S.ClH/c14-9-2-1-3-13(6-9)19(17,18)16-12-7-10-4-5-11(8-12)15-10;/h1-3,6,10-12,15-16H,4-5,7-8H2;1H. The summed E-state index contributed by atoms with van der Waals surface area (Å²) in [6.45, 7) is 0. The van der Waals surface area contributed by atoms with E-state index in [2.05, 4.69) is 26.0 Å². The first-order valence-electron chi connectivity index (χ1n) is 6.57. The monoisotopic (exact) mass is 380 g/mol. The normalized spacial score (nSPS) is 28.9. The summed E-state index contributed by atoms with van der Waals surface area (Å²) in [5.41, 5.74) is 0. The molecular weight excluding hydrogens is 364 g/mol. The Morgan fingerprint density at radius 1 is 1.20 bits per heavy atom. The van der Waals surface area contributed by atoms with Crippen molar-refractivity contribution in [2.24, 2.45) is 0 Å². The summed E-state index contributed by atoms with van der Waals surface area (Å²) in [5, 5.41) is 3.51. The van der Waals surface area contributed by atoms with Gasteiger partial charge < -0.3 is 5.32 Å². The highest BCUT2D eigenvalue weighted by atomic mass is 79.9. The molecule has 1 aromatic carbocycles. The minimum atomic E-state index is -3.41. The Hall–Kier alpha value is -0.140. The number of piperidine rings is 1. The summed E-state index contributed by atoms with van der Waals surface area (Å²) in [4.78, 5) is 0.327. The molecule has 2 bridgehead atoms. The second kappa shape index (κ2) is 6.32. The Balaban J connectivity index is 0.00000147. The van der Waals surface area contributed by atoms with Gasteiger partial charge in [0.2, 0.25) is 10.0 Å². The van der Waals surface area contributed by atoms with Crippen LogP contribution in [0.4, 0.5) is 0 Å². The van der Waals surface area contributed by atoms with Crippen molar-refractivity contribution in [3.8, 4) is 0 Å². The second-order valence-corrected chi connectivity index (χ2v) is 8.01. The van der Waals surface area contributed by atoms with Crippen LogP contribution < -0.4 is 10.0 Å². The Morgan fingerprint density at radius 2 is 1.85 bits per heavy atom. The number of halogens is 2. The summed E-state index contributed by atoms with van der Waals surface area (Å²) in [6.07, 6.45) is 4.12. The molecule has 3 rings (SSSR count). The van der Waals surface area contributed by atoms with Gasteiger partial charge in [-0.1, -0.05) is 22.0 Å². The number of hydrogen-bond donors (Lipinski definition) is 2. The van der Waals surface area contributed by atoms with E-state index in [0.29, 0.717) is 17.0 Å². The molecule has 0 saturated carbocycles. The fourth-order valence-corrected chi connectivity index (χ4v) is 4.93. The molecular formula is C13H18BrClN2O2S. The van der Waals surface area contributed by atoms with E-state index < -0.39 is 10.0 Å². The third kappa shape index (κ3) is 3.54. The van der Waals surface area contributed by atoms with Crippen molar-refractivity contribution >= 4 is 38.4 Å². The van der Waals surface area contributed by atoms with Crippen LogP contribution in [0.15, 0.2) is 33.6 Å². The van der Waals surface area contributed by atoms with Crippen molar-refractivity contribution in [1.82, 2.24) is 10.0 Å². The third-order valence-electron chi connectivity index (χ3n) is 3.90. The number of benzene rings is 1. The lowest BCUT2D eigenvalue weighted by Gasteiger charge is -2.29. The molecule has 2 atom stereocenters.